The number of morpholine rings is 1. The van der Waals surface area contributed by atoms with Gasteiger partial charge in [0.1, 0.15) is 5.82 Å². The number of ether oxygens (including phenoxy) is 1. The molecule has 3 unspecified atom stereocenters. The van der Waals surface area contributed by atoms with Crippen molar-refractivity contribution in [3.63, 3.8) is 0 Å². The Balaban J connectivity index is 1.46. The van der Waals surface area contributed by atoms with Crippen molar-refractivity contribution in [3.8, 4) is 0 Å². The zero-order chi connectivity index (χ0) is 17.9. The molecule has 3 fully saturated rings. The van der Waals surface area contributed by atoms with Crippen molar-refractivity contribution in [3.05, 3.63) is 35.6 Å². The molecule has 0 radical (unpaired) electrons. The number of nitrogens with one attached hydrogen (secondary N) is 1. The van der Waals surface area contributed by atoms with Crippen LogP contribution in [0.4, 0.5) is 4.39 Å². The summed E-state index contributed by atoms with van der Waals surface area (Å²) in [6.45, 7) is 4.12. The van der Waals surface area contributed by atoms with Crippen LogP contribution in [-0.2, 0) is 9.53 Å². The van der Waals surface area contributed by atoms with Gasteiger partial charge in [0.2, 0.25) is 5.91 Å². The number of hydrogen-bond acceptors (Lipinski definition) is 4. The van der Waals surface area contributed by atoms with E-state index in [-0.39, 0.29) is 29.9 Å². The summed E-state index contributed by atoms with van der Waals surface area (Å²) in [7, 11) is 0. The van der Waals surface area contributed by atoms with Crippen LogP contribution in [0.2, 0.25) is 0 Å². The van der Waals surface area contributed by atoms with Gasteiger partial charge in [-0.1, -0.05) is 25.0 Å². The first-order valence-electron chi connectivity index (χ1n) is 9.83. The topological polar surface area (TPSA) is 44.8 Å². The minimum Gasteiger partial charge on any atom is -0.374 e. The summed E-state index contributed by atoms with van der Waals surface area (Å²) in [6.07, 6.45) is 4.69. The van der Waals surface area contributed by atoms with Gasteiger partial charge in [-0.05, 0) is 30.5 Å². The molecule has 1 N–H and O–H groups in total. The molecule has 3 atom stereocenters. The maximum atomic E-state index is 13.7. The molecule has 3 aliphatic rings. The van der Waals surface area contributed by atoms with Gasteiger partial charge in [0.15, 0.2) is 0 Å². The van der Waals surface area contributed by atoms with E-state index in [4.69, 9.17) is 4.74 Å². The Morgan fingerprint density at radius 3 is 3.04 bits per heavy atom. The molecule has 2 aliphatic heterocycles. The van der Waals surface area contributed by atoms with Gasteiger partial charge < -0.3 is 15.0 Å². The van der Waals surface area contributed by atoms with Crippen LogP contribution in [0.5, 0.6) is 0 Å². The van der Waals surface area contributed by atoms with E-state index >= 15 is 0 Å². The maximum absolute atomic E-state index is 13.7. The van der Waals surface area contributed by atoms with Crippen molar-refractivity contribution in [2.75, 3.05) is 39.3 Å². The number of halogens is 1. The highest BCUT2D eigenvalue weighted by atomic mass is 19.1. The first-order chi connectivity index (χ1) is 12.7. The average molecular weight is 361 g/mol. The standard InChI is InChI=1S/C20H28FN3O2/c21-16-5-3-4-15(12-16)18-13-22-8-9-23(18)14-20(25)24-10-11-26-19-7-2-1-6-17(19)24/h3-5,12,17-19,22H,1-2,6-11,13-14H2. The number of amides is 1. The zero-order valence-corrected chi connectivity index (χ0v) is 15.2. The third kappa shape index (κ3) is 3.77. The normalized spacial score (nSPS) is 30.0. The Hall–Kier alpha value is -1.50. The first kappa shape index (κ1) is 17.9. The van der Waals surface area contributed by atoms with Crippen molar-refractivity contribution in [2.24, 2.45) is 0 Å². The largest absolute Gasteiger partial charge is 0.374 e. The van der Waals surface area contributed by atoms with Gasteiger partial charge in [0.05, 0.1) is 25.3 Å². The molecular weight excluding hydrogens is 333 g/mol. The lowest BCUT2D eigenvalue weighted by Crippen LogP contribution is -2.58. The lowest BCUT2D eigenvalue weighted by Gasteiger charge is -2.45. The van der Waals surface area contributed by atoms with Crippen molar-refractivity contribution in [1.29, 1.82) is 0 Å². The van der Waals surface area contributed by atoms with Crippen molar-refractivity contribution < 1.29 is 13.9 Å². The van der Waals surface area contributed by atoms with Gasteiger partial charge in [-0.3, -0.25) is 9.69 Å². The molecule has 6 heteroatoms. The van der Waals surface area contributed by atoms with Gasteiger partial charge in [-0.2, -0.15) is 0 Å². The summed E-state index contributed by atoms with van der Waals surface area (Å²) in [4.78, 5) is 17.3. The van der Waals surface area contributed by atoms with Crippen LogP contribution in [0.3, 0.4) is 0 Å². The number of piperazine rings is 1. The van der Waals surface area contributed by atoms with Crippen LogP contribution in [-0.4, -0.2) is 67.2 Å². The second kappa shape index (κ2) is 8.03. The van der Waals surface area contributed by atoms with E-state index in [1.54, 1.807) is 12.1 Å². The molecule has 0 bridgehead atoms. The third-order valence-electron chi connectivity index (χ3n) is 5.98. The lowest BCUT2D eigenvalue weighted by atomic mass is 9.90. The van der Waals surface area contributed by atoms with Crippen LogP contribution in [0, 0.1) is 5.82 Å². The smallest absolute Gasteiger partial charge is 0.237 e. The van der Waals surface area contributed by atoms with Crippen molar-refractivity contribution >= 4 is 5.91 Å². The zero-order valence-electron chi connectivity index (χ0n) is 15.2. The van der Waals surface area contributed by atoms with E-state index in [0.29, 0.717) is 19.7 Å². The molecule has 1 saturated carbocycles. The summed E-state index contributed by atoms with van der Waals surface area (Å²) >= 11 is 0. The quantitative estimate of drug-likeness (QED) is 0.894. The summed E-state index contributed by atoms with van der Waals surface area (Å²) < 4.78 is 19.6. The molecule has 1 aliphatic carbocycles. The van der Waals surface area contributed by atoms with E-state index in [1.165, 1.54) is 18.9 Å². The predicted molar refractivity (Wildman–Crippen MR) is 97.3 cm³/mol. The molecule has 0 aromatic heterocycles. The highest BCUT2D eigenvalue weighted by Gasteiger charge is 2.37. The van der Waals surface area contributed by atoms with E-state index in [1.807, 2.05) is 6.07 Å². The number of fused-ring (bicyclic) bond motifs is 1. The Morgan fingerprint density at radius 1 is 1.27 bits per heavy atom. The summed E-state index contributed by atoms with van der Waals surface area (Å²) in [5.41, 5.74) is 0.933. The fraction of sp³-hybridized carbons (Fsp3) is 0.650. The molecule has 1 aromatic carbocycles. The van der Waals surface area contributed by atoms with Gasteiger partial charge >= 0.3 is 0 Å². The van der Waals surface area contributed by atoms with Crippen molar-refractivity contribution in [1.82, 2.24) is 15.1 Å². The summed E-state index contributed by atoms with van der Waals surface area (Å²) in [5, 5.41) is 3.37. The molecule has 2 heterocycles. The summed E-state index contributed by atoms with van der Waals surface area (Å²) in [5.74, 6) is -0.0360. The lowest BCUT2D eigenvalue weighted by molar-refractivity contribution is -0.151. The van der Waals surface area contributed by atoms with E-state index in [0.717, 1.165) is 38.0 Å². The van der Waals surface area contributed by atoms with Gasteiger partial charge in [0, 0.05) is 32.2 Å². The highest BCUT2D eigenvalue weighted by Crippen LogP contribution is 2.29. The van der Waals surface area contributed by atoms with Crippen LogP contribution in [0.25, 0.3) is 0 Å². The Labute approximate surface area is 154 Å². The second-order valence-corrected chi connectivity index (χ2v) is 7.59. The minimum atomic E-state index is -0.224. The van der Waals surface area contributed by atoms with E-state index in [2.05, 4.69) is 15.1 Å². The van der Waals surface area contributed by atoms with Crippen LogP contribution >= 0.6 is 0 Å². The number of rotatable bonds is 3. The first-order valence-corrected chi connectivity index (χ1v) is 9.83. The Bertz CT molecular complexity index is 639. The summed E-state index contributed by atoms with van der Waals surface area (Å²) in [6, 6.07) is 7.01. The fourth-order valence-electron chi connectivity index (χ4n) is 4.65. The molecular formula is C20H28FN3O2. The number of benzene rings is 1. The number of carbonyl (C=O) groups is 1. The molecule has 142 valence electrons. The van der Waals surface area contributed by atoms with Crippen LogP contribution < -0.4 is 5.32 Å². The van der Waals surface area contributed by atoms with Gasteiger partial charge in [-0.15, -0.1) is 0 Å². The number of nitrogens with zero attached hydrogens (tertiary/aromatic N) is 2. The SMILES string of the molecule is O=C(CN1CCNCC1c1cccc(F)c1)N1CCOC2CCCCC21. The molecule has 5 nitrogen and oxygen atoms in total. The molecule has 26 heavy (non-hydrogen) atoms. The number of hydrogen-bond donors (Lipinski definition) is 1. The van der Waals surface area contributed by atoms with Gasteiger partial charge in [-0.25, -0.2) is 4.39 Å². The molecule has 1 amide bonds. The second-order valence-electron chi connectivity index (χ2n) is 7.59. The van der Waals surface area contributed by atoms with Crippen LogP contribution in [0.1, 0.15) is 37.3 Å². The predicted octanol–water partition coefficient (Wildman–Crippen LogP) is 1.94. The maximum Gasteiger partial charge on any atom is 0.237 e. The Kier molecular flexibility index (Phi) is 5.52. The average Bonchev–Trinajstić information content (AvgIpc) is 2.68. The molecule has 2 saturated heterocycles. The fourth-order valence-corrected chi connectivity index (χ4v) is 4.65. The van der Waals surface area contributed by atoms with E-state index < -0.39 is 0 Å². The monoisotopic (exact) mass is 361 g/mol. The minimum absolute atomic E-state index is 0.0339. The number of carbonyl (C=O) groups excluding carboxylic acids is 1. The molecule has 0 spiro atoms. The van der Waals surface area contributed by atoms with Crippen LogP contribution in [0.15, 0.2) is 24.3 Å². The highest BCUT2D eigenvalue weighted by molar-refractivity contribution is 5.79. The third-order valence-corrected chi connectivity index (χ3v) is 5.98. The molecule has 1 aromatic rings. The molecule has 4 rings (SSSR count). The Morgan fingerprint density at radius 2 is 2.15 bits per heavy atom. The van der Waals surface area contributed by atoms with Gasteiger partial charge in [0.25, 0.3) is 0 Å². The van der Waals surface area contributed by atoms with E-state index in [9.17, 15) is 9.18 Å². The van der Waals surface area contributed by atoms with Crippen molar-refractivity contribution in [2.45, 2.75) is 43.9 Å².